The van der Waals surface area contributed by atoms with Crippen LogP contribution in [0, 0.1) is 0 Å². The molecular weight excluding hydrogens is 330 g/mol. The number of fused-ring (bicyclic) bond motifs is 3. The van der Waals surface area contributed by atoms with Gasteiger partial charge in [-0.15, -0.1) is 0 Å². The molecule has 0 saturated heterocycles. The molecule has 0 heterocycles. The third-order valence-electron chi connectivity index (χ3n) is 5.05. The van der Waals surface area contributed by atoms with E-state index in [0.29, 0.717) is 6.42 Å². The van der Waals surface area contributed by atoms with Crippen molar-refractivity contribution in [2.45, 2.75) is 31.7 Å². The van der Waals surface area contributed by atoms with Crippen molar-refractivity contribution in [1.82, 2.24) is 4.90 Å². The summed E-state index contributed by atoms with van der Waals surface area (Å²) in [5, 5.41) is 8.99. The zero-order valence-electron chi connectivity index (χ0n) is 15.0. The number of nitrogens with zero attached hydrogens (tertiary/aromatic N) is 1. The van der Waals surface area contributed by atoms with Crippen LogP contribution in [0.5, 0.6) is 0 Å². The number of aliphatic carboxylic acids is 1. The third kappa shape index (κ3) is 3.43. The van der Waals surface area contributed by atoms with Crippen molar-refractivity contribution in [3.63, 3.8) is 0 Å². The number of carboxylic acid groups (broad SMARTS) is 1. The highest BCUT2D eigenvalue weighted by Gasteiger charge is 2.30. The molecule has 1 aliphatic rings. The molecule has 0 fully saturated rings. The second kappa shape index (κ2) is 7.60. The standard InChI is InChI=1S/C21H23NO4/c1-3-14(12-20(23)24)22(2)21(25)26-13-19-17-10-6-4-8-15(17)16-9-5-7-11-18(16)19/h4-11,14,19H,3,12-13H2,1-2H3,(H,23,24)/t14-/m1/s1. The molecule has 1 aliphatic carbocycles. The third-order valence-corrected chi connectivity index (χ3v) is 5.05. The van der Waals surface area contributed by atoms with Crippen LogP contribution >= 0.6 is 0 Å². The smallest absolute Gasteiger partial charge is 0.409 e. The fourth-order valence-electron chi connectivity index (χ4n) is 3.60. The molecule has 0 aromatic heterocycles. The summed E-state index contributed by atoms with van der Waals surface area (Å²) >= 11 is 0. The van der Waals surface area contributed by atoms with Crippen LogP contribution in [-0.2, 0) is 9.53 Å². The van der Waals surface area contributed by atoms with Crippen molar-refractivity contribution in [2.75, 3.05) is 13.7 Å². The molecule has 0 aliphatic heterocycles. The number of carbonyl (C=O) groups is 2. The van der Waals surface area contributed by atoms with Gasteiger partial charge in [-0.3, -0.25) is 4.79 Å². The minimum absolute atomic E-state index is 0.000648. The first-order chi connectivity index (χ1) is 12.5. The maximum absolute atomic E-state index is 12.4. The highest BCUT2D eigenvalue weighted by atomic mass is 16.6. The van der Waals surface area contributed by atoms with E-state index in [1.807, 2.05) is 31.2 Å². The largest absolute Gasteiger partial charge is 0.481 e. The number of ether oxygens (including phenoxy) is 1. The molecule has 2 aromatic rings. The lowest BCUT2D eigenvalue weighted by Crippen LogP contribution is -2.39. The van der Waals surface area contributed by atoms with Crippen LogP contribution in [0.3, 0.4) is 0 Å². The van der Waals surface area contributed by atoms with E-state index >= 15 is 0 Å². The van der Waals surface area contributed by atoms with Crippen LogP contribution < -0.4 is 0 Å². The topological polar surface area (TPSA) is 66.8 Å². The molecule has 136 valence electrons. The Morgan fingerprint density at radius 1 is 1.08 bits per heavy atom. The lowest BCUT2D eigenvalue weighted by Gasteiger charge is -2.26. The first-order valence-corrected chi connectivity index (χ1v) is 8.82. The van der Waals surface area contributed by atoms with E-state index in [1.165, 1.54) is 16.0 Å². The van der Waals surface area contributed by atoms with Crippen molar-refractivity contribution < 1.29 is 19.4 Å². The Bertz CT molecular complexity index is 772. The molecule has 0 radical (unpaired) electrons. The summed E-state index contributed by atoms with van der Waals surface area (Å²) in [5.41, 5.74) is 4.66. The van der Waals surface area contributed by atoms with Crippen molar-refractivity contribution in [3.05, 3.63) is 59.7 Å². The molecule has 26 heavy (non-hydrogen) atoms. The number of amides is 1. The second-order valence-corrected chi connectivity index (χ2v) is 6.57. The van der Waals surface area contributed by atoms with Crippen molar-refractivity contribution in [3.8, 4) is 11.1 Å². The van der Waals surface area contributed by atoms with Crippen molar-refractivity contribution in [1.29, 1.82) is 0 Å². The van der Waals surface area contributed by atoms with E-state index in [9.17, 15) is 9.59 Å². The Hall–Kier alpha value is -2.82. The second-order valence-electron chi connectivity index (χ2n) is 6.57. The molecule has 3 rings (SSSR count). The first-order valence-electron chi connectivity index (χ1n) is 8.82. The Kier molecular flexibility index (Phi) is 5.26. The molecule has 0 bridgehead atoms. The molecule has 2 aromatic carbocycles. The zero-order chi connectivity index (χ0) is 18.7. The van der Waals surface area contributed by atoms with E-state index in [-0.39, 0.29) is 25.0 Å². The summed E-state index contributed by atoms with van der Waals surface area (Å²) in [6.45, 7) is 2.10. The Morgan fingerprint density at radius 2 is 1.62 bits per heavy atom. The fraction of sp³-hybridized carbons (Fsp3) is 0.333. The lowest BCUT2D eigenvalue weighted by molar-refractivity contribution is -0.138. The minimum Gasteiger partial charge on any atom is -0.481 e. The van der Waals surface area contributed by atoms with Crippen LogP contribution in [0.25, 0.3) is 11.1 Å². The van der Waals surface area contributed by atoms with Gasteiger partial charge in [0.05, 0.1) is 6.42 Å². The van der Waals surface area contributed by atoms with Crippen LogP contribution in [0.4, 0.5) is 4.79 Å². The monoisotopic (exact) mass is 353 g/mol. The molecule has 0 unspecified atom stereocenters. The Labute approximate surface area is 153 Å². The quantitative estimate of drug-likeness (QED) is 0.848. The van der Waals surface area contributed by atoms with E-state index in [1.54, 1.807) is 7.05 Å². The lowest BCUT2D eigenvalue weighted by atomic mass is 9.98. The Balaban J connectivity index is 1.73. The van der Waals surface area contributed by atoms with Gasteiger partial charge in [0.25, 0.3) is 0 Å². The minimum atomic E-state index is -0.921. The van der Waals surface area contributed by atoms with Gasteiger partial charge >= 0.3 is 12.1 Å². The van der Waals surface area contributed by atoms with E-state index in [2.05, 4.69) is 24.3 Å². The summed E-state index contributed by atoms with van der Waals surface area (Å²) in [6.07, 6.45) is -0.00977. The predicted molar refractivity (Wildman–Crippen MR) is 99.2 cm³/mol. The molecule has 1 atom stereocenters. The zero-order valence-corrected chi connectivity index (χ0v) is 15.0. The first kappa shape index (κ1) is 18.0. The maximum Gasteiger partial charge on any atom is 0.409 e. The normalized spacial score (nSPS) is 13.6. The summed E-state index contributed by atoms with van der Waals surface area (Å²) in [6, 6.07) is 15.9. The summed E-state index contributed by atoms with van der Waals surface area (Å²) in [7, 11) is 1.59. The number of rotatable bonds is 6. The summed E-state index contributed by atoms with van der Waals surface area (Å²) in [4.78, 5) is 24.8. The summed E-state index contributed by atoms with van der Waals surface area (Å²) in [5.74, 6) is -0.922. The van der Waals surface area contributed by atoms with Gasteiger partial charge in [0.15, 0.2) is 0 Å². The number of carbonyl (C=O) groups excluding carboxylic acids is 1. The molecule has 5 nitrogen and oxygen atoms in total. The molecule has 0 saturated carbocycles. The van der Waals surface area contributed by atoms with Gasteiger partial charge in [0.2, 0.25) is 0 Å². The highest BCUT2D eigenvalue weighted by molar-refractivity contribution is 5.79. The average molecular weight is 353 g/mol. The molecule has 0 spiro atoms. The predicted octanol–water partition coefficient (Wildman–Crippen LogP) is 4.12. The number of carboxylic acids is 1. The van der Waals surface area contributed by atoms with Gasteiger partial charge in [0.1, 0.15) is 6.61 Å². The van der Waals surface area contributed by atoms with Gasteiger partial charge in [-0.2, -0.15) is 0 Å². The number of benzene rings is 2. The SMILES string of the molecule is CC[C@H](CC(=O)O)N(C)C(=O)OCC1c2ccccc2-c2ccccc21. The van der Waals surface area contributed by atoms with E-state index < -0.39 is 12.1 Å². The van der Waals surface area contributed by atoms with Crippen molar-refractivity contribution in [2.24, 2.45) is 0 Å². The molecule has 1 amide bonds. The van der Waals surface area contributed by atoms with Crippen LogP contribution in [0.1, 0.15) is 36.8 Å². The van der Waals surface area contributed by atoms with Gasteiger partial charge in [-0.05, 0) is 28.7 Å². The molecular formula is C21H23NO4. The molecule has 1 N–H and O–H groups in total. The number of hydrogen-bond donors (Lipinski definition) is 1. The van der Waals surface area contributed by atoms with E-state index in [0.717, 1.165) is 11.1 Å². The van der Waals surface area contributed by atoms with Crippen LogP contribution in [0.2, 0.25) is 0 Å². The molecule has 5 heteroatoms. The van der Waals surface area contributed by atoms with Gasteiger partial charge in [0, 0.05) is 19.0 Å². The van der Waals surface area contributed by atoms with Crippen LogP contribution in [0.15, 0.2) is 48.5 Å². The Morgan fingerprint density at radius 3 is 2.12 bits per heavy atom. The van der Waals surface area contributed by atoms with Crippen LogP contribution in [-0.4, -0.2) is 41.8 Å². The van der Waals surface area contributed by atoms with Gasteiger partial charge in [-0.1, -0.05) is 55.5 Å². The van der Waals surface area contributed by atoms with Crippen molar-refractivity contribution >= 4 is 12.1 Å². The number of hydrogen-bond acceptors (Lipinski definition) is 3. The van der Waals surface area contributed by atoms with Gasteiger partial charge in [-0.25, -0.2) is 4.79 Å². The van der Waals surface area contributed by atoms with Gasteiger partial charge < -0.3 is 14.7 Å². The summed E-state index contributed by atoms with van der Waals surface area (Å²) < 4.78 is 5.56. The fourth-order valence-corrected chi connectivity index (χ4v) is 3.60. The highest BCUT2D eigenvalue weighted by Crippen LogP contribution is 2.44. The average Bonchev–Trinajstić information content (AvgIpc) is 2.97. The maximum atomic E-state index is 12.4. The van der Waals surface area contributed by atoms with E-state index in [4.69, 9.17) is 9.84 Å².